The van der Waals surface area contributed by atoms with Gasteiger partial charge in [-0.1, -0.05) is 17.7 Å². The van der Waals surface area contributed by atoms with Crippen molar-refractivity contribution in [3.05, 3.63) is 59.7 Å². The molecule has 0 radical (unpaired) electrons. The Morgan fingerprint density at radius 3 is 2.25 bits per heavy atom. The number of hydrogen-bond donors (Lipinski definition) is 0. The van der Waals surface area contributed by atoms with Crippen molar-refractivity contribution in [2.45, 2.75) is 32.6 Å². The fourth-order valence-corrected chi connectivity index (χ4v) is 3.61. The van der Waals surface area contributed by atoms with Crippen molar-refractivity contribution in [1.29, 1.82) is 0 Å². The SMILES string of the molecule is CCOc1ccc(N2C(=O)CC(N(CC(OC)OC)C(=O)c3ccc(C)cc3)C2=O)cc1. The van der Waals surface area contributed by atoms with Crippen LogP contribution in [0, 0.1) is 6.92 Å². The molecule has 0 N–H and O–H groups in total. The van der Waals surface area contributed by atoms with E-state index in [2.05, 4.69) is 0 Å². The van der Waals surface area contributed by atoms with Gasteiger partial charge < -0.3 is 19.1 Å². The zero-order valence-corrected chi connectivity index (χ0v) is 18.7. The summed E-state index contributed by atoms with van der Waals surface area (Å²) in [5.74, 6) is -0.572. The van der Waals surface area contributed by atoms with Crippen molar-refractivity contribution >= 4 is 23.4 Å². The van der Waals surface area contributed by atoms with Crippen LogP contribution >= 0.6 is 0 Å². The average molecular weight is 440 g/mol. The number of carbonyl (C=O) groups excluding carboxylic acids is 3. The molecule has 1 atom stereocenters. The van der Waals surface area contributed by atoms with Gasteiger partial charge in [-0.3, -0.25) is 14.4 Å². The lowest BCUT2D eigenvalue weighted by Gasteiger charge is -2.30. The van der Waals surface area contributed by atoms with E-state index in [9.17, 15) is 14.4 Å². The number of rotatable bonds is 9. The van der Waals surface area contributed by atoms with Crippen molar-refractivity contribution in [2.75, 3.05) is 32.3 Å². The van der Waals surface area contributed by atoms with Crippen LogP contribution in [-0.2, 0) is 19.1 Å². The minimum atomic E-state index is -0.962. The molecular formula is C24H28N2O6. The largest absolute Gasteiger partial charge is 0.494 e. The number of methoxy groups -OCH3 is 2. The molecule has 0 aliphatic carbocycles. The number of hydrogen-bond acceptors (Lipinski definition) is 6. The Balaban J connectivity index is 1.90. The Morgan fingerprint density at radius 1 is 1.06 bits per heavy atom. The predicted octanol–water partition coefficient (Wildman–Crippen LogP) is 2.79. The molecule has 3 amide bonds. The summed E-state index contributed by atoms with van der Waals surface area (Å²) in [6, 6.07) is 12.8. The van der Waals surface area contributed by atoms with E-state index in [1.807, 2.05) is 26.0 Å². The van der Waals surface area contributed by atoms with E-state index in [-0.39, 0.29) is 24.8 Å². The first-order valence-corrected chi connectivity index (χ1v) is 10.4. The Hall–Kier alpha value is -3.23. The number of nitrogens with zero attached hydrogens (tertiary/aromatic N) is 2. The van der Waals surface area contributed by atoms with E-state index in [4.69, 9.17) is 14.2 Å². The van der Waals surface area contributed by atoms with E-state index in [0.717, 1.165) is 10.5 Å². The first kappa shape index (κ1) is 23.4. The second kappa shape index (κ2) is 10.4. The first-order chi connectivity index (χ1) is 15.4. The number of imide groups is 1. The van der Waals surface area contributed by atoms with Crippen molar-refractivity contribution in [3.8, 4) is 5.75 Å². The van der Waals surface area contributed by atoms with Crippen LogP contribution in [-0.4, -0.2) is 62.3 Å². The maximum Gasteiger partial charge on any atom is 0.257 e. The van der Waals surface area contributed by atoms with Gasteiger partial charge in [0.15, 0.2) is 6.29 Å². The number of amides is 3. The van der Waals surface area contributed by atoms with Crippen LogP contribution in [0.2, 0.25) is 0 Å². The number of carbonyl (C=O) groups is 3. The molecule has 1 fully saturated rings. The zero-order valence-electron chi connectivity index (χ0n) is 18.7. The third-order valence-electron chi connectivity index (χ3n) is 5.34. The monoisotopic (exact) mass is 440 g/mol. The van der Waals surface area contributed by atoms with Crippen LogP contribution in [0.25, 0.3) is 0 Å². The van der Waals surface area contributed by atoms with E-state index < -0.39 is 18.2 Å². The molecule has 32 heavy (non-hydrogen) atoms. The molecule has 0 spiro atoms. The van der Waals surface area contributed by atoms with Crippen molar-refractivity contribution in [3.63, 3.8) is 0 Å². The minimum Gasteiger partial charge on any atom is -0.494 e. The Kier molecular flexibility index (Phi) is 7.61. The maximum atomic E-state index is 13.3. The molecule has 1 aliphatic rings. The number of ether oxygens (including phenoxy) is 3. The summed E-state index contributed by atoms with van der Waals surface area (Å²) in [6.45, 7) is 4.31. The molecular weight excluding hydrogens is 412 g/mol. The average Bonchev–Trinajstić information content (AvgIpc) is 3.09. The van der Waals surface area contributed by atoms with Gasteiger partial charge in [0.25, 0.3) is 11.8 Å². The molecule has 1 heterocycles. The van der Waals surface area contributed by atoms with Crippen LogP contribution in [0.1, 0.15) is 29.3 Å². The molecule has 1 unspecified atom stereocenters. The number of benzene rings is 2. The van der Waals surface area contributed by atoms with Crippen LogP contribution in [0.4, 0.5) is 5.69 Å². The summed E-state index contributed by atoms with van der Waals surface area (Å²) in [7, 11) is 2.91. The van der Waals surface area contributed by atoms with E-state index in [1.165, 1.54) is 19.1 Å². The molecule has 170 valence electrons. The normalized spacial score (nSPS) is 16.0. The lowest BCUT2D eigenvalue weighted by Crippen LogP contribution is -2.49. The van der Waals surface area contributed by atoms with Gasteiger partial charge in [-0.25, -0.2) is 4.90 Å². The van der Waals surface area contributed by atoms with Gasteiger partial charge in [0.2, 0.25) is 5.91 Å². The Bertz CT molecular complexity index is 953. The topological polar surface area (TPSA) is 85.4 Å². The molecule has 0 bridgehead atoms. The standard InChI is InChI=1S/C24H28N2O6/c1-5-32-19-12-10-18(11-13-19)26-21(27)14-20(24(26)29)25(15-22(30-3)31-4)23(28)17-8-6-16(2)7-9-17/h6-13,20,22H,5,14-15H2,1-4H3. The van der Waals surface area contributed by atoms with Crippen LogP contribution in [0.5, 0.6) is 5.75 Å². The van der Waals surface area contributed by atoms with Gasteiger partial charge >= 0.3 is 0 Å². The fourth-order valence-electron chi connectivity index (χ4n) is 3.61. The summed E-state index contributed by atoms with van der Waals surface area (Å²) in [5.41, 5.74) is 1.86. The van der Waals surface area contributed by atoms with Gasteiger partial charge in [-0.15, -0.1) is 0 Å². The molecule has 0 aromatic heterocycles. The van der Waals surface area contributed by atoms with Gasteiger partial charge in [0, 0.05) is 19.8 Å². The van der Waals surface area contributed by atoms with Crippen LogP contribution in [0.15, 0.2) is 48.5 Å². The Morgan fingerprint density at radius 2 is 1.69 bits per heavy atom. The second-order valence-corrected chi connectivity index (χ2v) is 7.44. The van der Waals surface area contributed by atoms with Gasteiger partial charge in [0.05, 0.1) is 25.3 Å². The number of aryl methyl sites for hydroxylation is 1. The van der Waals surface area contributed by atoms with E-state index in [0.29, 0.717) is 23.6 Å². The molecule has 8 heteroatoms. The lowest BCUT2D eigenvalue weighted by atomic mass is 10.1. The summed E-state index contributed by atoms with van der Waals surface area (Å²) in [6.07, 6.45) is -0.865. The highest BCUT2D eigenvalue weighted by molar-refractivity contribution is 6.23. The molecule has 0 saturated carbocycles. The third-order valence-corrected chi connectivity index (χ3v) is 5.34. The molecule has 1 aliphatic heterocycles. The van der Waals surface area contributed by atoms with Gasteiger partial charge in [-0.2, -0.15) is 0 Å². The third kappa shape index (κ3) is 4.98. The highest BCUT2D eigenvalue weighted by Gasteiger charge is 2.45. The summed E-state index contributed by atoms with van der Waals surface area (Å²) in [5, 5.41) is 0. The molecule has 2 aromatic rings. The van der Waals surface area contributed by atoms with Gasteiger partial charge in [-0.05, 0) is 50.2 Å². The van der Waals surface area contributed by atoms with E-state index in [1.54, 1.807) is 36.4 Å². The predicted molar refractivity (Wildman–Crippen MR) is 119 cm³/mol. The van der Waals surface area contributed by atoms with Crippen molar-refractivity contribution < 1.29 is 28.6 Å². The quantitative estimate of drug-likeness (QED) is 0.440. The molecule has 2 aromatic carbocycles. The Labute approximate surface area is 187 Å². The summed E-state index contributed by atoms with van der Waals surface area (Å²) >= 11 is 0. The van der Waals surface area contributed by atoms with E-state index >= 15 is 0 Å². The smallest absolute Gasteiger partial charge is 0.257 e. The molecule has 8 nitrogen and oxygen atoms in total. The van der Waals surface area contributed by atoms with Crippen molar-refractivity contribution in [1.82, 2.24) is 4.90 Å². The lowest BCUT2D eigenvalue weighted by molar-refractivity contribution is -0.128. The second-order valence-electron chi connectivity index (χ2n) is 7.44. The highest BCUT2D eigenvalue weighted by atomic mass is 16.7. The molecule has 3 rings (SSSR count). The van der Waals surface area contributed by atoms with Crippen molar-refractivity contribution in [2.24, 2.45) is 0 Å². The summed E-state index contributed by atoms with van der Waals surface area (Å²) < 4.78 is 16.0. The molecule has 1 saturated heterocycles. The maximum absolute atomic E-state index is 13.3. The van der Waals surface area contributed by atoms with Gasteiger partial charge in [0.1, 0.15) is 11.8 Å². The van der Waals surface area contributed by atoms with Crippen LogP contribution in [0.3, 0.4) is 0 Å². The zero-order chi connectivity index (χ0) is 23.3. The summed E-state index contributed by atoms with van der Waals surface area (Å²) in [4.78, 5) is 41.9. The minimum absolute atomic E-state index is 0.000510. The number of anilines is 1. The van der Waals surface area contributed by atoms with Crippen LogP contribution < -0.4 is 9.64 Å². The fraction of sp³-hybridized carbons (Fsp3) is 0.375. The highest BCUT2D eigenvalue weighted by Crippen LogP contribution is 2.28. The first-order valence-electron chi connectivity index (χ1n) is 10.4.